The Morgan fingerprint density at radius 1 is 1.15 bits per heavy atom. The minimum absolute atomic E-state index is 0.0382. The number of methoxy groups -OCH3 is 1. The molecule has 2 aliphatic carbocycles. The van der Waals surface area contributed by atoms with Gasteiger partial charge in [0, 0.05) is 35.6 Å². The van der Waals surface area contributed by atoms with Crippen LogP contribution in [0, 0.1) is 0 Å². The first-order chi connectivity index (χ1) is 19.3. The summed E-state index contributed by atoms with van der Waals surface area (Å²) in [6, 6.07) is 5.14. The van der Waals surface area contributed by atoms with Gasteiger partial charge in [-0.15, -0.1) is 0 Å². The van der Waals surface area contributed by atoms with Gasteiger partial charge in [-0.25, -0.2) is 0 Å². The molecule has 0 radical (unpaired) electrons. The number of fused-ring (bicyclic) bond motifs is 3. The number of carbonyl (C=O) groups excluding carboxylic acids is 3. The number of aliphatic hydroxyl groups excluding tert-OH is 1. The van der Waals surface area contributed by atoms with Crippen LogP contribution >= 0.6 is 0 Å². The molecule has 41 heavy (non-hydrogen) atoms. The Hall–Kier alpha value is -3.35. The van der Waals surface area contributed by atoms with Crippen molar-refractivity contribution in [3.63, 3.8) is 0 Å². The Balaban J connectivity index is 1.69. The summed E-state index contributed by atoms with van der Waals surface area (Å²) in [6.07, 6.45) is -3.09. The summed E-state index contributed by atoms with van der Waals surface area (Å²) in [4.78, 5) is 42.1. The highest BCUT2D eigenvalue weighted by atomic mass is 16.7. The van der Waals surface area contributed by atoms with Crippen molar-refractivity contribution in [2.75, 3.05) is 21.2 Å². The van der Waals surface area contributed by atoms with Crippen molar-refractivity contribution < 1.29 is 49.0 Å². The van der Waals surface area contributed by atoms with Gasteiger partial charge in [0.05, 0.1) is 42.1 Å². The molecule has 4 N–H and O–H groups in total. The Labute approximate surface area is 237 Å². The molecule has 1 saturated heterocycles. The van der Waals surface area contributed by atoms with Crippen LogP contribution in [0.3, 0.4) is 0 Å². The van der Waals surface area contributed by atoms with Gasteiger partial charge in [-0.3, -0.25) is 14.4 Å². The quantitative estimate of drug-likeness (QED) is 0.333. The number of nitrogens with zero attached hydrogens (tertiary/aromatic N) is 1. The van der Waals surface area contributed by atoms with E-state index in [0.29, 0.717) is 0 Å². The molecule has 0 saturated carbocycles. The fraction of sp³-hybridized carbons (Fsp3) is 0.500. The van der Waals surface area contributed by atoms with E-state index in [4.69, 9.17) is 14.2 Å². The highest BCUT2D eigenvalue weighted by Gasteiger charge is 2.53. The number of likely N-dealkylation sites (N-methyl/N-ethyl adjacent to an activating group) is 1. The Morgan fingerprint density at radius 3 is 2.49 bits per heavy atom. The second-order valence-corrected chi connectivity index (χ2v) is 11.3. The molecule has 11 nitrogen and oxygen atoms in total. The topological polar surface area (TPSA) is 163 Å². The van der Waals surface area contributed by atoms with E-state index in [9.17, 15) is 34.8 Å². The average molecular weight is 570 g/mol. The Bertz CT molecular complexity index is 1420. The van der Waals surface area contributed by atoms with E-state index in [1.807, 2.05) is 19.0 Å². The van der Waals surface area contributed by atoms with Crippen LogP contribution < -0.4 is 0 Å². The molecule has 0 amide bonds. The van der Waals surface area contributed by atoms with Crippen LogP contribution in [-0.4, -0.2) is 94.2 Å². The van der Waals surface area contributed by atoms with E-state index in [-0.39, 0.29) is 58.7 Å². The molecular formula is C30H35NO10. The van der Waals surface area contributed by atoms with Crippen molar-refractivity contribution in [1.29, 1.82) is 0 Å². The molecule has 0 spiro atoms. The van der Waals surface area contributed by atoms with E-state index >= 15 is 0 Å². The number of phenols is 2. The molecule has 11 heteroatoms. The smallest absolute Gasteiger partial charge is 0.316 e. The van der Waals surface area contributed by atoms with Crippen LogP contribution in [0.4, 0.5) is 0 Å². The minimum Gasteiger partial charge on any atom is -0.507 e. The highest BCUT2D eigenvalue weighted by Crippen LogP contribution is 2.54. The number of carbonyl (C=O) groups is 3. The van der Waals surface area contributed by atoms with E-state index in [1.165, 1.54) is 31.4 Å². The van der Waals surface area contributed by atoms with E-state index in [2.05, 4.69) is 0 Å². The van der Waals surface area contributed by atoms with Crippen molar-refractivity contribution in [3.8, 4) is 11.5 Å². The van der Waals surface area contributed by atoms with Crippen LogP contribution in [0.25, 0.3) is 0 Å². The maximum atomic E-state index is 13.6. The van der Waals surface area contributed by atoms with Crippen molar-refractivity contribution in [1.82, 2.24) is 4.90 Å². The molecule has 0 aromatic heterocycles. The predicted molar refractivity (Wildman–Crippen MR) is 144 cm³/mol. The third-order valence-electron chi connectivity index (χ3n) is 8.77. The first kappa shape index (κ1) is 29.2. The summed E-state index contributed by atoms with van der Waals surface area (Å²) >= 11 is 0. The van der Waals surface area contributed by atoms with Gasteiger partial charge in [-0.1, -0.05) is 19.1 Å². The second-order valence-electron chi connectivity index (χ2n) is 11.3. The lowest BCUT2D eigenvalue weighted by Crippen LogP contribution is -2.54. The maximum absolute atomic E-state index is 13.6. The van der Waals surface area contributed by atoms with Crippen molar-refractivity contribution in [2.45, 2.75) is 75.3 Å². The summed E-state index contributed by atoms with van der Waals surface area (Å²) in [5, 5.41) is 44.5. The lowest BCUT2D eigenvalue weighted by Gasteiger charge is -2.46. The molecule has 0 unspecified atom stereocenters. The zero-order valence-electron chi connectivity index (χ0n) is 23.6. The predicted octanol–water partition coefficient (Wildman–Crippen LogP) is 2.16. The van der Waals surface area contributed by atoms with E-state index in [0.717, 1.165) is 0 Å². The number of benzene rings is 2. The number of aromatic hydroxyl groups is 2. The zero-order valence-corrected chi connectivity index (χ0v) is 23.6. The zero-order chi connectivity index (χ0) is 30.0. The van der Waals surface area contributed by atoms with Crippen LogP contribution in [0.15, 0.2) is 24.3 Å². The number of rotatable bonds is 5. The van der Waals surface area contributed by atoms with Crippen LogP contribution in [0.1, 0.15) is 88.1 Å². The lowest BCUT2D eigenvalue weighted by atomic mass is 9.67. The van der Waals surface area contributed by atoms with Gasteiger partial charge in [-0.05, 0) is 45.1 Å². The largest absolute Gasteiger partial charge is 0.507 e. The fourth-order valence-electron chi connectivity index (χ4n) is 6.50. The SMILES string of the molecule is CC[C@]1(O)C[C@H](O[C@H]2C[C@@H](N(C)C)[C@H](O)[C@H](C)O2)c2c(cc3c(c2O)C(=O)c2c(O)cccc2C3=O)[C@H]1C(=O)OC. The third-order valence-corrected chi connectivity index (χ3v) is 8.77. The summed E-state index contributed by atoms with van der Waals surface area (Å²) < 4.78 is 17.3. The molecule has 5 rings (SSSR count). The standard InChI is InChI=1S/C30H35NO10/c1-6-30(38)12-19(41-20-11-17(31(3)4)25(33)13(2)40-20)22-15(24(30)29(37)39-5)10-16-23(28(22)36)27(35)21-14(26(16)34)8-7-9-18(21)32/h7-10,13,17,19-20,24-25,32-33,36,38H,6,11-12H2,1-5H3/t13-,17+,19-,20-,24-,25+,30-/m0/s1. The number of aliphatic hydroxyl groups is 2. The summed E-state index contributed by atoms with van der Waals surface area (Å²) in [5.41, 5.74) is -2.27. The van der Waals surface area contributed by atoms with Crippen LogP contribution in [0.2, 0.25) is 0 Å². The van der Waals surface area contributed by atoms with Crippen LogP contribution in [-0.2, 0) is 19.0 Å². The molecule has 0 bridgehead atoms. The van der Waals surface area contributed by atoms with E-state index in [1.54, 1.807) is 13.8 Å². The average Bonchev–Trinajstić information content (AvgIpc) is 2.92. The summed E-state index contributed by atoms with van der Waals surface area (Å²) in [7, 11) is 4.82. The first-order valence-electron chi connectivity index (χ1n) is 13.6. The summed E-state index contributed by atoms with van der Waals surface area (Å²) in [6.45, 7) is 3.41. The van der Waals surface area contributed by atoms with Gasteiger partial charge in [0.25, 0.3) is 0 Å². The molecule has 1 aliphatic heterocycles. The van der Waals surface area contributed by atoms with Crippen molar-refractivity contribution in [3.05, 3.63) is 57.6 Å². The molecule has 1 fully saturated rings. The number of ketones is 2. The van der Waals surface area contributed by atoms with Crippen molar-refractivity contribution in [2.24, 2.45) is 0 Å². The van der Waals surface area contributed by atoms with E-state index < -0.39 is 65.2 Å². The number of esters is 1. The molecular weight excluding hydrogens is 534 g/mol. The number of phenolic OH excluding ortho intramolecular Hbond substituents is 2. The van der Waals surface area contributed by atoms with Gasteiger partial charge < -0.3 is 39.5 Å². The van der Waals surface area contributed by atoms with Gasteiger partial charge in [0.1, 0.15) is 17.4 Å². The van der Waals surface area contributed by atoms with Gasteiger partial charge in [0.2, 0.25) is 5.78 Å². The van der Waals surface area contributed by atoms with Gasteiger partial charge >= 0.3 is 5.97 Å². The molecule has 7 atom stereocenters. The Kier molecular flexibility index (Phi) is 7.46. The maximum Gasteiger partial charge on any atom is 0.316 e. The molecule has 220 valence electrons. The number of hydrogen-bond acceptors (Lipinski definition) is 11. The number of hydrogen-bond donors (Lipinski definition) is 4. The normalized spacial score (nSPS) is 30.9. The molecule has 2 aromatic carbocycles. The van der Waals surface area contributed by atoms with Gasteiger partial charge in [-0.2, -0.15) is 0 Å². The molecule has 3 aliphatic rings. The third kappa shape index (κ3) is 4.52. The second kappa shape index (κ2) is 10.5. The minimum atomic E-state index is -1.69. The first-order valence-corrected chi connectivity index (χ1v) is 13.6. The highest BCUT2D eigenvalue weighted by molar-refractivity contribution is 6.30. The Morgan fingerprint density at radius 2 is 1.85 bits per heavy atom. The number of ether oxygens (including phenoxy) is 3. The monoisotopic (exact) mass is 569 g/mol. The molecule has 2 aromatic rings. The summed E-state index contributed by atoms with van der Waals surface area (Å²) in [5.74, 6) is -4.42. The van der Waals surface area contributed by atoms with Gasteiger partial charge in [0.15, 0.2) is 12.1 Å². The molecule has 1 heterocycles. The van der Waals surface area contributed by atoms with Crippen molar-refractivity contribution >= 4 is 17.5 Å². The lowest BCUT2D eigenvalue weighted by molar-refractivity contribution is -0.258. The van der Waals surface area contributed by atoms with Crippen LogP contribution in [0.5, 0.6) is 11.5 Å². The fourth-order valence-corrected chi connectivity index (χ4v) is 6.50.